The molecule has 4 rings (SSSR count). The average Bonchev–Trinajstić information content (AvgIpc) is 2.97. The Hall–Kier alpha value is -3.31. The molecule has 10 nitrogen and oxygen atoms in total. The highest BCUT2D eigenvalue weighted by Crippen LogP contribution is 2.37. The molecule has 1 saturated heterocycles. The van der Waals surface area contributed by atoms with Crippen molar-refractivity contribution in [2.75, 3.05) is 6.61 Å². The molecule has 2 heterocycles. The van der Waals surface area contributed by atoms with E-state index < -0.39 is 48.1 Å². The summed E-state index contributed by atoms with van der Waals surface area (Å²) in [4.78, 5) is 13.1. The number of ether oxygens (including phenoxy) is 2. The maximum Gasteiger partial charge on any atom is 0.239 e. The number of aliphatic hydroxyl groups is 3. The van der Waals surface area contributed by atoms with E-state index in [4.69, 9.17) is 13.9 Å². The highest BCUT2D eigenvalue weighted by molar-refractivity contribution is 5.88. The lowest BCUT2D eigenvalue weighted by molar-refractivity contribution is -0.117. The SMILES string of the molecule is O=c1c(O[C@@H]2O[C@H](CO)[C@H](O)[C@H]2O)c(-c2ccc(O)cc2)oc2cc(O)cc(O)c12. The van der Waals surface area contributed by atoms with Gasteiger partial charge in [-0.3, -0.25) is 4.79 Å². The second kappa shape index (κ2) is 7.50. The van der Waals surface area contributed by atoms with Crippen LogP contribution in [0.25, 0.3) is 22.3 Å². The summed E-state index contributed by atoms with van der Waals surface area (Å²) in [5.74, 6) is -1.50. The molecule has 0 unspecified atom stereocenters. The van der Waals surface area contributed by atoms with Gasteiger partial charge in [0.05, 0.1) is 6.61 Å². The maximum absolute atomic E-state index is 13.1. The van der Waals surface area contributed by atoms with E-state index in [0.29, 0.717) is 5.56 Å². The van der Waals surface area contributed by atoms with Crippen LogP contribution in [0.1, 0.15) is 0 Å². The second-order valence-electron chi connectivity index (χ2n) is 6.80. The molecule has 10 heteroatoms. The van der Waals surface area contributed by atoms with E-state index in [1.807, 2.05) is 0 Å². The first-order chi connectivity index (χ1) is 14.3. The number of phenols is 3. The Labute approximate surface area is 168 Å². The Morgan fingerprint density at radius 1 is 0.967 bits per heavy atom. The summed E-state index contributed by atoms with van der Waals surface area (Å²) in [5.41, 5.74) is -0.653. The van der Waals surface area contributed by atoms with Gasteiger partial charge >= 0.3 is 0 Å². The van der Waals surface area contributed by atoms with Gasteiger partial charge in [0.25, 0.3) is 0 Å². The predicted octanol–water partition coefficient (Wildman–Crippen LogP) is 0.395. The van der Waals surface area contributed by atoms with Gasteiger partial charge < -0.3 is 44.5 Å². The molecule has 0 radical (unpaired) electrons. The zero-order chi connectivity index (χ0) is 21.6. The standard InChI is InChI=1S/C20H18O10/c21-7-13-15(25)17(27)20(29-13)30-19-16(26)14-11(24)5-10(23)6-12(14)28-18(19)8-1-3-9(22)4-2-8/h1-6,13,15,17,20-25,27H,7H2/t13-,15+,17-,20+/m1/s1. The van der Waals surface area contributed by atoms with E-state index in [2.05, 4.69) is 0 Å². The van der Waals surface area contributed by atoms with Crippen LogP contribution >= 0.6 is 0 Å². The molecule has 1 fully saturated rings. The minimum absolute atomic E-state index is 0.0388. The van der Waals surface area contributed by atoms with Crippen molar-refractivity contribution in [2.45, 2.75) is 24.6 Å². The molecule has 1 aromatic heterocycles. The number of fused-ring (bicyclic) bond motifs is 1. The fraction of sp³-hybridized carbons (Fsp3) is 0.250. The number of benzene rings is 2. The van der Waals surface area contributed by atoms with Gasteiger partial charge in [-0.2, -0.15) is 0 Å². The zero-order valence-corrected chi connectivity index (χ0v) is 15.3. The van der Waals surface area contributed by atoms with Crippen LogP contribution in [0, 0.1) is 0 Å². The molecular weight excluding hydrogens is 400 g/mol. The van der Waals surface area contributed by atoms with Crippen LogP contribution in [-0.2, 0) is 4.74 Å². The smallest absolute Gasteiger partial charge is 0.239 e. The number of hydrogen-bond acceptors (Lipinski definition) is 10. The van der Waals surface area contributed by atoms with Crippen LogP contribution < -0.4 is 10.2 Å². The second-order valence-corrected chi connectivity index (χ2v) is 6.80. The number of hydrogen-bond donors (Lipinski definition) is 6. The molecule has 0 saturated carbocycles. The van der Waals surface area contributed by atoms with Crippen molar-refractivity contribution in [2.24, 2.45) is 0 Å². The first kappa shape index (κ1) is 20.0. The Kier molecular flexibility index (Phi) is 5.00. The minimum Gasteiger partial charge on any atom is -0.508 e. The lowest BCUT2D eigenvalue weighted by Gasteiger charge is -2.18. The summed E-state index contributed by atoms with van der Waals surface area (Å²) in [6.45, 7) is -0.588. The molecule has 30 heavy (non-hydrogen) atoms. The third kappa shape index (κ3) is 3.31. The van der Waals surface area contributed by atoms with Gasteiger partial charge in [0.1, 0.15) is 46.5 Å². The lowest BCUT2D eigenvalue weighted by atomic mass is 10.1. The van der Waals surface area contributed by atoms with Gasteiger partial charge in [0.2, 0.25) is 17.5 Å². The molecular formula is C20H18O10. The van der Waals surface area contributed by atoms with Gasteiger partial charge in [-0.25, -0.2) is 0 Å². The number of aromatic hydroxyl groups is 3. The Bertz CT molecular complexity index is 1140. The quantitative estimate of drug-likeness (QED) is 0.348. The summed E-state index contributed by atoms with van der Waals surface area (Å²) in [7, 11) is 0. The first-order valence-corrected chi connectivity index (χ1v) is 8.91. The topological polar surface area (TPSA) is 170 Å². The molecule has 6 N–H and O–H groups in total. The van der Waals surface area contributed by atoms with E-state index in [1.54, 1.807) is 0 Å². The molecule has 0 aliphatic carbocycles. The highest BCUT2D eigenvalue weighted by atomic mass is 16.7. The molecule has 1 aliphatic rings. The zero-order valence-electron chi connectivity index (χ0n) is 15.3. The van der Waals surface area contributed by atoms with Crippen molar-refractivity contribution in [1.29, 1.82) is 0 Å². The van der Waals surface area contributed by atoms with Crippen LogP contribution in [0.5, 0.6) is 23.0 Å². The molecule has 0 amide bonds. The van der Waals surface area contributed by atoms with Crippen LogP contribution in [0.3, 0.4) is 0 Å². The number of rotatable bonds is 4. The van der Waals surface area contributed by atoms with E-state index in [0.717, 1.165) is 12.1 Å². The molecule has 0 bridgehead atoms. The molecule has 4 atom stereocenters. The summed E-state index contributed by atoms with van der Waals surface area (Å²) in [6.07, 6.45) is -5.65. The van der Waals surface area contributed by atoms with Crippen LogP contribution in [0.4, 0.5) is 0 Å². The summed E-state index contributed by atoms with van der Waals surface area (Å²) < 4.78 is 16.5. The van der Waals surface area contributed by atoms with Crippen molar-refractivity contribution in [3.63, 3.8) is 0 Å². The van der Waals surface area contributed by atoms with Gasteiger partial charge in [0, 0.05) is 17.7 Å². The summed E-state index contributed by atoms with van der Waals surface area (Å²) in [6, 6.07) is 7.65. The molecule has 2 aromatic carbocycles. The molecule has 0 spiro atoms. The van der Waals surface area contributed by atoms with Gasteiger partial charge in [-0.05, 0) is 24.3 Å². The molecule has 1 aliphatic heterocycles. The monoisotopic (exact) mass is 418 g/mol. The van der Waals surface area contributed by atoms with Crippen molar-refractivity contribution in [3.05, 3.63) is 46.6 Å². The van der Waals surface area contributed by atoms with Crippen LogP contribution in [0.15, 0.2) is 45.6 Å². The highest BCUT2D eigenvalue weighted by Gasteiger charge is 2.44. The largest absolute Gasteiger partial charge is 0.508 e. The fourth-order valence-electron chi connectivity index (χ4n) is 3.26. The third-order valence-electron chi connectivity index (χ3n) is 4.78. The summed E-state index contributed by atoms with van der Waals surface area (Å²) >= 11 is 0. The Balaban J connectivity index is 1.90. The third-order valence-corrected chi connectivity index (χ3v) is 4.78. The van der Waals surface area contributed by atoms with Gasteiger partial charge in [-0.15, -0.1) is 0 Å². The van der Waals surface area contributed by atoms with E-state index in [1.165, 1.54) is 24.3 Å². The van der Waals surface area contributed by atoms with Crippen LogP contribution in [-0.4, -0.2) is 61.8 Å². The van der Waals surface area contributed by atoms with E-state index >= 15 is 0 Å². The molecule has 3 aromatic rings. The van der Waals surface area contributed by atoms with Crippen molar-refractivity contribution in [3.8, 4) is 34.3 Å². The average molecular weight is 418 g/mol. The first-order valence-electron chi connectivity index (χ1n) is 8.91. The fourth-order valence-corrected chi connectivity index (χ4v) is 3.26. The van der Waals surface area contributed by atoms with Crippen molar-refractivity contribution in [1.82, 2.24) is 0 Å². The molecule has 158 valence electrons. The summed E-state index contributed by atoms with van der Waals surface area (Å²) in [5, 5.41) is 58.4. The van der Waals surface area contributed by atoms with E-state index in [9.17, 15) is 35.4 Å². The Morgan fingerprint density at radius 3 is 2.30 bits per heavy atom. The lowest BCUT2D eigenvalue weighted by Crippen LogP contribution is -2.36. The van der Waals surface area contributed by atoms with Crippen molar-refractivity contribution >= 4 is 11.0 Å². The normalized spacial score (nSPS) is 23.7. The van der Waals surface area contributed by atoms with Crippen LogP contribution in [0.2, 0.25) is 0 Å². The number of phenolic OH excluding ortho intramolecular Hbond substituents is 3. The van der Waals surface area contributed by atoms with Crippen molar-refractivity contribution < 1.29 is 44.5 Å². The predicted molar refractivity (Wildman–Crippen MR) is 101 cm³/mol. The number of aliphatic hydroxyl groups excluding tert-OH is 3. The Morgan fingerprint density at radius 2 is 1.67 bits per heavy atom. The maximum atomic E-state index is 13.1. The van der Waals surface area contributed by atoms with E-state index in [-0.39, 0.29) is 28.2 Å². The van der Waals surface area contributed by atoms with Gasteiger partial charge in [0.15, 0.2) is 5.76 Å². The van der Waals surface area contributed by atoms with Gasteiger partial charge in [-0.1, -0.05) is 0 Å². The minimum atomic E-state index is -1.57.